The molecular formula is C13H13ClN2O. The predicted molar refractivity (Wildman–Crippen MR) is 68.2 cm³/mol. The van der Waals surface area contributed by atoms with Gasteiger partial charge in [-0.2, -0.15) is 4.98 Å². The Morgan fingerprint density at radius 1 is 1.12 bits per heavy atom. The van der Waals surface area contributed by atoms with Gasteiger partial charge in [0.2, 0.25) is 5.88 Å². The highest BCUT2D eigenvalue weighted by Crippen LogP contribution is 2.21. The molecule has 0 N–H and O–H groups in total. The quantitative estimate of drug-likeness (QED) is 0.779. The monoisotopic (exact) mass is 248 g/mol. The molecule has 0 saturated carbocycles. The van der Waals surface area contributed by atoms with E-state index in [2.05, 4.69) is 9.97 Å². The van der Waals surface area contributed by atoms with E-state index >= 15 is 0 Å². The van der Waals surface area contributed by atoms with Crippen molar-refractivity contribution in [1.29, 1.82) is 0 Å². The minimum Gasteiger partial charge on any atom is -0.475 e. The fraction of sp³-hybridized carbons (Fsp3) is 0.231. The summed E-state index contributed by atoms with van der Waals surface area (Å²) in [4.78, 5) is 8.51. The molecule has 0 unspecified atom stereocenters. The van der Waals surface area contributed by atoms with E-state index in [0.717, 1.165) is 5.56 Å². The van der Waals surface area contributed by atoms with Crippen LogP contribution in [0.25, 0.3) is 11.4 Å². The lowest BCUT2D eigenvalue weighted by molar-refractivity contribution is 0.232. The maximum atomic E-state index is 5.95. The molecule has 2 rings (SSSR count). The van der Waals surface area contributed by atoms with Gasteiger partial charge in [0.15, 0.2) is 5.82 Å². The first-order chi connectivity index (χ1) is 8.15. The van der Waals surface area contributed by atoms with Crippen molar-refractivity contribution in [1.82, 2.24) is 9.97 Å². The Kier molecular flexibility index (Phi) is 3.59. The molecule has 0 bridgehead atoms. The molecule has 0 aliphatic rings. The highest BCUT2D eigenvalue weighted by molar-refractivity contribution is 6.29. The molecule has 0 radical (unpaired) electrons. The molecule has 0 amide bonds. The van der Waals surface area contributed by atoms with Gasteiger partial charge in [0.05, 0.1) is 6.10 Å². The Morgan fingerprint density at radius 3 is 2.47 bits per heavy atom. The average molecular weight is 249 g/mol. The lowest BCUT2D eigenvalue weighted by atomic mass is 10.2. The minimum absolute atomic E-state index is 0.0598. The molecule has 0 aliphatic heterocycles. The molecule has 17 heavy (non-hydrogen) atoms. The van der Waals surface area contributed by atoms with Crippen molar-refractivity contribution in [2.24, 2.45) is 0 Å². The first-order valence-electron chi connectivity index (χ1n) is 5.42. The molecule has 1 aromatic carbocycles. The van der Waals surface area contributed by atoms with Gasteiger partial charge in [-0.25, -0.2) is 4.98 Å². The van der Waals surface area contributed by atoms with Gasteiger partial charge in [-0.05, 0) is 13.8 Å². The summed E-state index contributed by atoms with van der Waals surface area (Å²) in [5.74, 6) is 1.08. The SMILES string of the molecule is CC(C)Oc1cc(Cl)nc(-c2ccccc2)n1. The lowest BCUT2D eigenvalue weighted by Crippen LogP contribution is -2.07. The third-order valence-electron chi connectivity index (χ3n) is 2.06. The summed E-state index contributed by atoms with van der Waals surface area (Å²) in [6.45, 7) is 3.89. The van der Waals surface area contributed by atoms with Crippen molar-refractivity contribution < 1.29 is 4.74 Å². The van der Waals surface area contributed by atoms with Gasteiger partial charge in [-0.3, -0.25) is 0 Å². The molecule has 0 spiro atoms. The fourth-order valence-corrected chi connectivity index (χ4v) is 1.59. The Balaban J connectivity index is 2.38. The second kappa shape index (κ2) is 5.15. The van der Waals surface area contributed by atoms with Crippen molar-refractivity contribution in [2.75, 3.05) is 0 Å². The highest BCUT2D eigenvalue weighted by atomic mass is 35.5. The Bertz CT molecular complexity index is 500. The van der Waals surface area contributed by atoms with Crippen LogP contribution in [0.15, 0.2) is 36.4 Å². The molecule has 0 aliphatic carbocycles. The van der Waals surface area contributed by atoms with Crippen LogP contribution in [0.3, 0.4) is 0 Å². The molecule has 0 saturated heterocycles. The summed E-state index contributed by atoms with van der Waals surface area (Å²) in [5, 5.41) is 0.384. The molecular weight excluding hydrogens is 236 g/mol. The maximum Gasteiger partial charge on any atom is 0.218 e. The molecule has 2 aromatic rings. The lowest BCUT2D eigenvalue weighted by Gasteiger charge is -2.09. The number of hydrogen-bond acceptors (Lipinski definition) is 3. The van der Waals surface area contributed by atoms with E-state index in [0.29, 0.717) is 16.9 Å². The number of rotatable bonds is 3. The van der Waals surface area contributed by atoms with Gasteiger partial charge in [-0.15, -0.1) is 0 Å². The van der Waals surface area contributed by atoms with Gasteiger partial charge < -0.3 is 4.74 Å². The second-order valence-corrected chi connectivity index (χ2v) is 4.27. The summed E-state index contributed by atoms with van der Waals surface area (Å²) in [5.41, 5.74) is 0.920. The maximum absolute atomic E-state index is 5.95. The van der Waals surface area contributed by atoms with Crippen LogP contribution < -0.4 is 4.74 Å². The van der Waals surface area contributed by atoms with Gasteiger partial charge in [0.1, 0.15) is 5.15 Å². The van der Waals surface area contributed by atoms with Crippen LogP contribution in [-0.4, -0.2) is 16.1 Å². The Hall–Kier alpha value is -1.61. The van der Waals surface area contributed by atoms with Crippen LogP contribution in [0.5, 0.6) is 5.88 Å². The summed E-state index contributed by atoms with van der Waals surface area (Å²) in [6, 6.07) is 11.3. The third-order valence-corrected chi connectivity index (χ3v) is 2.25. The number of aromatic nitrogens is 2. The smallest absolute Gasteiger partial charge is 0.218 e. The summed E-state index contributed by atoms with van der Waals surface area (Å²) < 4.78 is 5.52. The molecule has 88 valence electrons. The van der Waals surface area contributed by atoms with Gasteiger partial charge in [0, 0.05) is 11.6 Å². The Morgan fingerprint density at radius 2 is 1.82 bits per heavy atom. The molecule has 1 aromatic heterocycles. The number of nitrogens with zero attached hydrogens (tertiary/aromatic N) is 2. The van der Waals surface area contributed by atoms with E-state index in [4.69, 9.17) is 16.3 Å². The number of halogens is 1. The normalized spacial score (nSPS) is 10.6. The largest absolute Gasteiger partial charge is 0.475 e. The fourth-order valence-electron chi connectivity index (χ4n) is 1.42. The van der Waals surface area contributed by atoms with E-state index < -0.39 is 0 Å². The molecule has 3 nitrogen and oxygen atoms in total. The topological polar surface area (TPSA) is 35.0 Å². The second-order valence-electron chi connectivity index (χ2n) is 3.89. The molecule has 1 heterocycles. The van der Waals surface area contributed by atoms with Crippen molar-refractivity contribution in [2.45, 2.75) is 20.0 Å². The zero-order valence-electron chi connectivity index (χ0n) is 9.72. The summed E-state index contributed by atoms with van der Waals surface area (Å²) in [7, 11) is 0. The zero-order valence-corrected chi connectivity index (χ0v) is 10.5. The Labute approximate surface area is 105 Å². The van der Waals surface area contributed by atoms with Crippen LogP contribution in [0.1, 0.15) is 13.8 Å². The first-order valence-corrected chi connectivity index (χ1v) is 5.79. The standard InChI is InChI=1S/C13H13ClN2O/c1-9(2)17-12-8-11(14)15-13(16-12)10-6-4-3-5-7-10/h3-9H,1-2H3. The summed E-state index contributed by atoms with van der Waals surface area (Å²) in [6.07, 6.45) is 0.0598. The van der Waals surface area contributed by atoms with E-state index in [1.807, 2.05) is 44.2 Å². The van der Waals surface area contributed by atoms with E-state index in [1.54, 1.807) is 6.07 Å². The minimum atomic E-state index is 0.0598. The van der Waals surface area contributed by atoms with E-state index in [1.165, 1.54) is 0 Å². The third kappa shape index (κ3) is 3.17. The summed E-state index contributed by atoms with van der Waals surface area (Å²) >= 11 is 5.95. The van der Waals surface area contributed by atoms with Crippen LogP contribution in [0.4, 0.5) is 0 Å². The van der Waals surface area contributed by atoms with Crippen molar-refractivity contribution in [3.8, 4) is 17.3 Å². The number of ether oxygens (including phenoxy) is 1. The molecule has 4 heteroatoms. The van der Waals surface area contributed by atoms with Crippen LogP contribution in [0.2, 0.25) is 5.15 Å². The number of benzene rings is 1. The number of hydrogen-bond donors (Lipinski definition) is 0. The van der Waals surface area contributed by atoms with Crippen molar-refractivity contribution >= 4 is 11.6 Å². The van der Waals surface area contributed by atoms with E-state index in [-0.39, 0.29) is 6.10 Å². The highest BCUT2D eigenvalue weighted by Gasteiger charge is 2.07. The molecule has 0 atom stereocenters. The average Bonchev–Trinajstić information content (AvgIpc) is 2.28. The molecule has 0 fully saturated rings. The van der Waals surface area contributed by atoms with Crippen molar-refractivity contribution in [3.05, 3.63) is 41.6 Å². The van der Waals surface area contributed by atoms with Crippen LogP contribution in [-0.2, 0) is 0 Å². The van der Waals surface area contributed by atoms with E-state index in [9.17, 15) is 0 Å². The van der Waals surface area contributed by atoms with Crippen LogP contribution in [0, 0.1) is 0 Å². The first kappa shape index (κ1) is 11.9. The predicted octanol–water partition coefficient (Wildman–Crippen LogP) is 3.58. The van der Waals surface area contributed by atoms with Crippen LogP contribution >= 0.6 is 11.6 Å². The zero-order chi connectivity index (χ0) is 12.3. The van der Waals surface area contributed by atoms with Gasteiger partial charge in [0.25, 0.3) is 0 Å². The van der Waals surface area contributed by atoms with Gasteiger partial charge in [-0.1, -0.05) is 41.9 Å². The van der Waals surface area contributed by atoms with Gasteiger partial charge >= 0.3 is 0 Å². The van der Waals surface area contributed by atoms with Crippen molar-refractivity contribution in [3.63, 3.8) is 0 Å².